The summed E-state index contributed by atoms with van der Waals surface area (Å²) in [6.45, 7) is 6.21. The number of benzene rings is 4. The van der Waals surface area contributed by atoms with Crippen molar-refractivity contribution in [3.05, 3.63) is 157 Å². The molecule has 0 aliphatic carbocycles. The first-order chi connectivity index (χ1) is 23.2. The molecule has 6 rings (SSSR count). The van der Waals surface area contributed by atoms with E-state index in [-0.39, 0.29) is 24.6 Å². The molecule has 0 fully saturated rings. The van der Waals surface area contributed by atoms with Crippen molar-refractivity contribution in [2.45, 2.75) is 39.3 Å². The van der Waals surface area contributed by atoms with Gasteiger partial charge in [0.15, 0.2) is 4.80 Å². The molecule has 244 valence electrons. The molecule has 1 atom stereocenters. The van der Waals surface area contributed by atoms with E-state index < -0.39 is 12.0 Å². The Balaban J connectivity index is 1.56. The van der Waals surface area contributed by atoms with Gasteiger partial charge >= 0.3 is 5.97 Å². The fourth-order valence-electron chi connectivity index (χ4n) is 5.57. The molecule has 0 unspecified atom stereocenters. The number of carbonyl (C=O) groups is 1. The summed E-state index contributed by atoms with van der Waals surface area (Å²) in [6.07, 6.45) is 1.79. The van der Waals surface area contributed by atoms with Gasteiger partial charge in [0.05, 0.1) is 32.0 Å². The molecule has 0 amide bonds. The number of carbonyl (C=O) groups excluding carboxylic acids is 1. The van der Waals surface area contributed by atoms with E-state index in [1.807, 2.05) is 66.7 Å². The van der Waals surface area contributed by atoms with E-state index in [9.17, 15) is 14.0 Å². The average Bonchev–Trinajstić information content (AvgIpc) is 3.38. The fourth-order valence-corrected chi connectivity index (χ4v) is 8.60. The Morgan fingerprint density at radius 3 is 2.42 bits per heavy atom. The van der Waals surface area contributed by atoms with Crippen molar-refractivity contribution in [1.29, 1.82) is 0 Å². The van der Waals surface area contributed by atoms with Crippen molar-refractivity contribution >= 4 is 74.3 Å². The van der Waals surface area contributed by atoms with Crippen LogP contribution in [0.1, 0.15) is 60.5 Å². The lowest BCUT2D eigenvalue weighted by molar-refractivity contribution is -0.138. The van der Waals surface area contributed by atoms with E-state index in [0.29, 0.717) is 43.4 Å². The van der Waals surface area contributed by atoms with Crippen molar-refractivity contribution < 1.29 is 18.7 Å². The Morgan fingerprint density at radius 1 is 1.02 bits per heavy atom. The molecule has 0 saturated heterocycles. The number of esters is 1. The summed E-state index contributed by atoms with van der Waals surface area (Å²) in [5, 5.41) is 0. The van der Waals surface area contributed by atoms with Crippen LogP contribution in [-0.2, 0) is 16.1 Å². The molecule has 0 radical (unpaired) electrons. The highest BCUT2D eigenvalue weighted by atomic mass is 127. The highest BCUT2D eigenvalue weighted by molar-refractivity contribution is 14.1. The van der Waals surface area contributed by atoms with Gasteiger partial charge in [-0.25, -0.2) is 14.2 Å². The number of nitrogens with zero attached hydrogens (tertiary/aromatic N) is 2. The quantitative estimate of drug-likeness (QED) is 0.111. The van der Waals surface area contributed by atoms with Crippen LogP contribution < -0.4 is 19.6 Å². The summed E-state index contributed by atoms with van der Waals surface area (Å²) in [6, 6.07) is 27.1. The van der Waals surface area contributed by atoms with Gasteiger partial charge in [-0.2, -0.15) is 0 Å². The van der Waals surface area contributed by atoms with Crippen LogP contribution in [0.3, 0.4) is 0 Å². The Hall–Kier alpha value is -3.62. The first-order valence-corrected chi connectivity index (χ1v) is 18.4. The molecule has 4 aromatic carbocycles. The predicted molar refractivity (Wildman–Crippen MR) is 204 cm³/mol. The van der Waals surface area contributed by atoms with Crippen LogP contribution in [0.25, 0.3) is 11.8 Å². The second-order valence-corrected chi connectivity index (χ2v) is 14.9. The van der Waals surface area contributed by atoms with E-state index in [0.717, 1.165) is 23.8 Å². The summed E-state index contributed by atoms with van der Waals surface area (Å²) < 4.78 is 30.0. The lowest BCUT2D eigenvalue weighted by atomic mass is 9.91. The van der Waals surface area contributed by atoms with Gasteiger partial charge in [-0.15, -0.1) is 0 Å². The minimum Gasteiger partial charge on any atom is -0.487 e. The van der Waals surface area contributed by atoms with E-state index >= 15 is 0 Å². The summed E-state index contributed by atoms with van der Waals surface area (Å²) in [5.41, 5.74) is 4.26. The second kappa shape index (κ2) is 14.9. The molecule has 0 spiro atoms. The molecule has 1 aliphatic heterocycles. The van der Waals surface area contributed by atoms with Gasteiger partial charge in [0, 0.05) is 20.3 Å². The predicted octanol–water partition coefficient (Wildman–Crippen LogP) is 7.99. The minimum atomic E-state index is -0.772. The topological polar surface area (TPSA) is 69.9 Å². The third-order valence-corrected chi connectivity index (χ3v) is 10.4. The van der Waals surface area contributed by atoms with Crippen molar-refractivity contribution in [1.82, 2.24) is 4.57 Å². The summed E-state index contributed by atoms with van der Waals surface area (Å²) in [5.74, 6) is -0.0142. The number of hydrogen-bond acceptors (Lipinski definition) is 6. The van der Waals surface area contributed by atoms with E-state index in [4.69, 9.17) is 14.5 Å². The molecular formula is C38H31FI2N2O4S. The maximum Gasteiger partial charge on any atom is 0.338 e. The van der Waals surface area contributed by atoms with E-state index in [1.54, 1.807) is 35.8 Å². The number of halogens is 3. The highest BCUT2D eigenvalue weighted by Crippen LogP contribution is 2.36. The number of fused-ring (bicyclic) bond motifs is 1. The minimum absolute atomic E-state index is 0.0288. The number of rotatable bonds is 9. The Bertz CT molecular complexity index is 2210. The lowest BCUT2D eigenvalue weighted by Gasteiger charge is -2.26. The monoisotopic (exact) mass is 884 g/mol. The second-order valence-electron chi connectivity index (χ2n) is 11.4. The van der Waals surface area contributed by atoms with Gasteiger partial charge in [-0.1, -0.05) is 98.0 Å². The first-order valence-electron chi connectivity index (χ1n) is 15.4. The fraction of sp³-hybridized carbons (Fsp3) is 0.184. The normalized spacial score (nSPS) is 14.6. The maximum absolute atomic E-state index is 14.5. The Morgan fingerprint density at radius 2 is 1.73 bits per heavy atom. The zero-order chi connectivity index (χ0) is 33.9. The van der Waals surface area contributed by atoms with Crippen LogP contribution >= 0.6 is 56.5 Å². The smallest absolute Gasteiger partial charge is 0.338 e. The largest absolute Gasteiger partial charge is 0.487 e. The van der Waals surface area contributed by atoms with Gasteiger partial charge in [0.2, 0.25) is 0 Å². The Labute approximate surface area is 308 Å². The molecule has 1 aromatic heterocycles. The zero-order valence-electron chi connectivity index (χ0n) is 26.4. The van der Waals surface area contributed by atoms with Crippen LogP contribution in [0.2, 0.25) is 0 Å². The molecule has 6 nitrogen and oxygen atoms in total. The number of ether oxygens (including phenoxy) is 2. The SMILES string of the molecule is CCOC(=O)C1=C(c2ccccc2)N=c2s/c(=C\c3cc(I)cc(I)c3OCc3ccccc3F)c(=O)n2[C@@H]1c1ccc(C(C)C)cc1. The first kappa shape index (κ1) is 34.3. The molecule has 0 N–H and O–H groups in total. The van der Waals surface area contributed by atoms with E-state index in [2.05, 4.69) is 59.0 Å². The molecule has 2 heterocycles. The summed E-state index contributed by atoms with van der Waals surface area (Å²) >= 11 is 5.67. The van der Waals surface area contributed by atoms with Gasteiger partial charge < -0.3 is 9.47 Å². The van der Waals surface area contributed by atoms with Crippen LogP contribution in [0.5, 0.6) is 5.75 Å². The molecule has 5 aromatic rings. The van der Waals surface area contributed by atoms with Gasteiger partial charge in [-0.3, -0.25) is 9.36 Å². The molecular weight excluding hydrogens is 853 g/mol. The Kier molecular flexibility index (Phi) is 10.6. The molecule has 0 bridgehead atoms. The van der Waals surface area contributed by atoms with Crippen LogP contribution in [-0.4, -0.2) is 17.1 Å². The van der Waals surface area contributed by atoms with Crippen molar-refractivity contribution in [3.63, 3.8) is 0 Å². The maximum atomic E-state index is 14.5. The van der Waals surface area contributed by atoms with Crippen LogP contribution in [0.4, 0.5) is 4.39 Å². The zero-order valence-corrected chi connectivity index (χ0v) is 31.5. The number of thiazole rings is 1. The van der Waals surface area contributed by atoms with E-state index in [1.165, 1.54) is 17.4 Å². The summed E-state index contributed by atoms with van der Waals surface area (Å²) in [7, 11) is 0. The van der Waals surface area contributed by atoms with Gasteiger partial charge in [0.25, 0.3) is 5.56 Å². The summed E-state index contributed by atoms with van der Waals surface area (Å²) in [4.78, 5) is 33.7. The number of aromatic nitrogens is 1. The van der Waals surface area contributed by atoms with Crippen molar-refractivity contribution in [2.75, 3.05) is 6.61 Å². The molecule has 10 heteroatoms. The van der Waals surface area contributed by atoms with Crippen molar-refractivity contribution in [3.8, 4) is 5.75 Å². The average molecular weight is 885 g/mol. The molecule has 0 saturated carbocycles. The lowest BCUT2D eigenvalue weighted by Crippen LogP contribution is -2.40. The standard InChI is InChI=1S/C38H31FI2N2O4S/c1-4-46-37(45)32-33(24-10-6-5-7-11-24)42-38-43(34(32)25-16-14-23(15-17-25)22(2)3)36(44)31(48-38)19-27-18-28(40)20-30(41)35(27)47-21-26-12-8-9-13-29(26)39/h5-20,22,34H,4,21H2,1-3H3/b31-19-/t34-/m1/s1. The van der Waals surface area contributed by atoms with Gasteiger partial charge in [0.1, 0.15) is 18.2 Å². The third-order valence-electron chi connectivity index (χ3n) is 7.95. The molecule has 1 aliphatic rings. The highest BCUT2D eigenvalue weighted by Gasteiger charge is 2.35. The molecule has 48 heavy (non-hydrogen) atoms. The third kappa shape index (κ3) is 7.06. The number of hydrogen-bond donors (Lipinski definition) is 0. The van der Waals surface area contributed by atoms with Crippen molar-refractivity contribution in [2.24, 2.45) is 4.99 Å². The van der Waals surface area contributed by atoms with Crippen LogP contribution in [0.15, 0.2) is 106 Å². The van der Waals surface area contributed by atoms with Gasteiger partial charge in [-0.05, 0) is 93.4 Å². The van der Waals surface area contributed by atoms with Crippen LogP contribution in [0, 0.1) is 13.0 Å².